The van der Waals surface area contributed by atoms with Crippen LogP contribution >= 0.6 is 0 Å². The molecule has 28 nitrogen and oxygen atoms in total. The third-order valence-corrected chi connectivity index (χ3v) is 20.8. The molecule has 4 fully saturated rings. The summed E-state index contributed by atoms with van der Waals surface area (Å²) in [6.07, 6.45) is 6.16. The van der Waals surface area contributed by atoms with Crippen molar-refractivity contribution in [3.63, 3.8) is 0 Å². The van der Waals surface area contributed by atoms with Crippen molar-refractivity contribution in [1.29, 1.82) is 0 Å². The van der Waals surface area contributed by atoms with Gasteiger partial charge in [-0.2, -0.15) is 0 Å². The van der Waals surface area contributed by atoms with Gasteiger partial charge < -0.3 is 125 Å². The molecule has 23 atom stereocenters. The van der Waals surface area contributed by atoms with E-state index in [0.717, 1.165) is 65.2 Å². The molecule has 0 aromatic rings. The van der Waals surface area contributed by atoms with E-state index >= 15 is 0 Å². The van der Waals surface area contributed by atoms with Gasteiger partial charge in [-0.3, -0.25) is 9.59 Å². The highest BCUT2D eigenvalue weighted by Crippen LogP contribution is 2.41. The molecule has 1 unspecified atom stereocenters. The zero-order valence-electron chi connectivity index (χ0n) is 62.9. The van der Waals surface area contributed by atoms with Crippen LogP contribution < -0.4 is 10.6 Å². The maximum absolute atomic E-state index is 13.6. The van der Waals surface area contributed by atoms with Crippen LogP contribution in [0.25, 0.3) is 0 Å². The average Bonchev–Trinajstić information content (AvgIpc) is 0.749. The number of ether oxygens (including phenoxy) is 8. The lowest BCUT2D eigenvalue weighted by molar-refractivity contribution is -0.403. The number of carbonyl (C=O) groups excluding carboxylic acids is 3. The molecule has 608 valence electrons. The van der Waals surface area contributed by atoms with Gasteiger partial charge in [-0.25, -0.2) is 4.79 Å². The van der Waals surface area contributed by atoms with E-state index in [9.17, 15) is 90.7 Å². The molecule has 0 aromatic heterocycles. The van der Waals surface area contributed by atoms with Crippen LogP contribution in [0, 0.1) is 5.92 Å². The lowest BCUT2D eigenvalue weighted by Gasteiger charge is -2.52. The van der Waals surface area contributed by atoms with Crippen LogP contribution in [-0.4, -0.2) is 262 Å². The second-order valence-electron chi connectivity index (χ2n) is 29.6. The first kappa shape index (κ1) is 93.4. The molecule has 0 bridgehead atoms. The zero-order chi connectivity index (χ0) is 76.4. The first-order valence-electron chi connectivity index (χ1n) is 39.8. The third-order valence-electron chi connectivity index (χ3n) is 20.8. The molecule has 0 radical (unpaired) electrons. The fourth-order valence-corrected chi connectivity index (χ4v) is 14.5. The minimum Gasteiger partial charge on any atom is -0.477 e. The molecule has 28 heteroatoms. The zero-order valence-corrected chi connectivity index (χ0v) is 62.9. The Hall–Kier alpha value is -3.02. The van der Waals surface area contributed by atoms with Crippen LogP contribution in [0.3, 0.4) is 0 Å². The van der Waals surface area contributed by atoms with Gasteiger partial charge in [0.25, 0.3) is 5.79 Å². The number of nitrogens with one attached hydrogen (secondary N) is 2. The van der Waals surface area contributed by atoms with E-state index in [0.29, 0.717) is 19.3 Å². The molecule has 4 saturated heterocycles. The van der Waals surface area contributed by atoms with Crippen LogP contribution in [0.4, 0.5) is 0 Å². The van der Waals surface area contributed by atoms with Crippen molar-refractivity contribution in [2.75, 3.05) is 33.0 Å². The molecule has 104 heavy (non-hydrogen) atoms. The highest BCUT2D eigenvalue weighted by atomic mass is 16.8. The van der Waals surface area contributed by atoms with Crippen LogP contribution in [0.5, 0.6) is 0 Å². The fraction of sp³-hybridized carbons (Fsp3) is 0.921. The Balaban J connectivity index is 1.45. The molecule has 0 aliphatic carbocycles. The average molecular weight is 1500 g/mol. The number of carboxylic acid groups (broad SMARTS) is 1. The van der Waals surface area contributed by atoms with Gasteiger partial charge in [0.1, 0.15) is 85.1 Å². The summed E-state index contributed by atoms with van der Waals surface area (Å²) in [6.45, 7) is 2.02. The number of ketones is 1. The Morgan fingerprint density at radius 2 is 0.981 bits per heavy atom. The number of Topliss-reactive ketones (excluding diaryl/α,β-unsaturated/α-hetero) is 1. The summed E-state index contributed by atoms with van der Waals surface area (Å²) in [5.74, 6) is -8.50. The van der Waals surface area contributed by atoms with Gasteiger partial charge in [0, 0.05) is 32.1 Å². The number of carbonyl (C=O) groups is 4. The van der Waals surface area contributed by atoms with Crippen molar-refractivity contribution in [2.24, 2.45) is 5.92 Å². The van der Waals surface area contributed by atoms with E-state index in [1.807, 2.05) is 0 Å². The minimum absolute atomic E-state index is 0.186. The quantitative estimate of drug-likeness (QED) is 0.0270. The highest BCUT2D eigenvalue weighted by Gasteiger charge is 2.62. The maximum Gasteiger partial charge on any atom is 0.364 e. The topological polar surface area (TPSA) is 449 Å². The van der Waals surface area contributed by atoms with Gasteiger partial charge in [0.2, 0.25) is 11.8 Å². The molecule has 4 aliphatic rings. The van der Waals surface area contributed by atoms with Crippen LogP contribution in [0.1, 0.15) is 272 Å². The first-order valence-corrected chi connectivity index (χ1v) is 39.8. The van der Waals surface area contributed by atoms with Crippen molar-refractivity contribution in [2.45, 2.75) is 406 Å². The molecule has 0 aromatic carbocycles. The largest absolute Gasteiger partial charge is 0.477 e. The predicted octanol–water partition coefficient (Wildman–Crippen LogP) is 5.34. The van der Waals surface area contributed by atoms with Gasteiger partial charge >= 0.3 is 5.97 Å². The van der Waals surface area contributed by atoms with Crippen molar-refractivity contribution in [3.05, 3.63) is 12.2 Å². The van der Waals surface area contributed by atoms with Crippen molar-refractivity contribution < 1.29 is 129 Å². The number of aliphatic hydroxyl groups is 13. The second kappa shape index (κ2) is 53.0. The lowest BCUT2D eigenvalue weighted by atomic mass is 9.87. The molecule has 0 spiro atoms. The number of hydrogen-bond donors (Lipinski definition) is 16. The van der Waals surface area contributed by atoms with Crippen molar-refractivity contribution >= 4 is 23.6 Å². The number of allylic oxidation sites excluding steroid dienone is 2. The monoisotopic (exact) mass is 1490 g/mol. The van der Waals surface area contributed by atoms with Gasteiger partial charge in [-0.15, -0.1) is 0 Å². The Labute approximate surface area is 617 Å². The minimum atomic E-state index is -3.26. The Bertz CT molecular complexity index is 2310. The summed E-state index contributed by atoms with van der Waals surface area (Å²) in [6, 6.07) is -2.70. The molecule has 4 heterocycles. The highest BCUT2D eigenvalue weighted by molar-refractivity contribution is 5.77. The lowest BCUT2D eigenvalue weighted by Crippen LogP contribution is -2.71. The molecule has 4 aliphatic heterocycles. The van der Waals surface area contributed by atoms with Crippen LogP contribution in [0.15, 0.2) is 12.2 Å². The Kier molecular flexibility index (Phi) is 47.6. The summed E-state index contributed by atoms with van der Waals surface area (Å²) < 4.78 is 48.3. The molecule has 0 saturated carbocycles. The van der Waals surface area contributed by atoms with E-state index in [-0.39, 0.29) is 12.3 Å². The van der Waals surface area contributed by atoms with Gasteiger partial charge in [-0.05, 0) is 45.4 Å². The smallest absolute Gasteiger partial charge is 0.364 e. The predicted molar refractivity (Wildman–Crippen MR) is 384 cm³/mol. The van der Waals surface area contributed by atoms with Gasteiger partial charge in [0.15, 0.2) is 18.9 Å². The maximum atomic E-state index is 13.6. The summed E-state index contributed by atoms with van der Waals surface area (Å²) in [5, 5.41) is 161. The summed E-state index contributed by atoms with van der Waals surface area (Å²) in [7, 11) is 0. The number of amides is 2. The fourth-order valence-electron chi connectivity index (χ4n) is 14.5. The molecular formula is C76H138N2O26. The van der Waals surface area contributed by atoms with Crippen molar-refractivity contribution in [3.8, 4) is 0 Å². The molecule has 4 rings (SSSR count). The number of aliphatic hydroxyl groups excluding tert-OH is 13. The summed E-state index contributed by atoms with van der Waals surface area (Å²) in [5.41, 5.74) is 0. The number of rotatable bonds is 58. The number of aliphatic carboxylic acids is 1. The molecule has 16 N–H and O–H groups in total. The van der Waals surface area contributed by atoms with Gasteiger partial charge in [0.05, 0.1) is 63.4 Å². The van der Waals surface area contributed by atoms with Gasteiger partial charge in [-0.1, -0.05) is 212 Å². The van der Waals surface area contributed by atoms with E-state index < -0.39 is 204 Å². The standard InChI is InChI=1S/C76H138N2O26/c1-5-7-9-11-13-15-17-19-20-21-22-23-24-25-26-27-28-30-32-34-36-38-40-42-60(88)78-53(54(85)41-39-37-35-33-31-29-18-16-14-12-10-8-6-2)49-97-73-66(93)65(92)68(58(47-81)99-73)101-74-67(94)71(69(59(48-82)100-74)102-72-52(43-50(3)83)62(89)64(91)57(46-80)98-72)104-76(75(95)96)44-55(86)61(77-51(4)84)70(103-76)63(90)56(87)45-79/h19-20,52-59,61-74,79-82,85-87,89-94H,5-18,21-49H2,1-4H3,(H,77,84)(H,78,88)(H,95,96)/t52-,53+,54-,55+,56-,57-,58-,59-,61-,62-,63-,64+,65-,66-,67-,68-,69+,70?,71-,72+,73-,74+,76+/m1/s1. The summed E-state index contributed by atoms with van der Waals surface area (Å²) >= 11 is 0. The van der Waals surface area contributed by atoms with E-state index in [1.165, 1.54) is 154 Å². The Morgan fingerprint density at radius 3 is 1.46 bits per heavy atom. The number of unbranched alkanes of at least 4 members (excludes halogenated alkanes) is 31. The van der Waals surface area contributed by atoms with Crippen LogP contribution in [0.2, 0.25) is 0 Å². The van der Waals surface area contributed by atoms with Crippen LogP contribution in [-0.2, 0) is 57.1 Å². The summed E-state index contributed by atoms with van der Waals surface area (Å²) in [4.78, 5) is 52.2. The normalized spacial score (nSPS) is 30.8. The third kappa shape index (κ3) is 32.5. The van der Waals surface area contributed by atoms with E-state index in [4.69, 9.17) is 37.9 Å². The van der Waals surface area contributed by atoms with Crippen molar-refractivity contribution in [1.82, 2.24) is 10.6 Å². The number of carboxylic acids is 1. The second-order valence-corrected chi connectivity index (χ2v) is 29.6. The first-order chi connectivity index (χ1) is 50.0. The Morgan fingerprint density at radius 1 is 0.519 bits per heavy atom. The van der Waals surface area contributed by atoms with E-state index in [2.05, 4.69) is 36.6 Å². The number of hydrogen-bond acceptors (Lipinski definition) is 25. The SMILES string of the molecule is CCCCCCCCC=CCCCCCCCCCCCCCCCC(=O)N[C@@H](CO[C@@H]1O[C@H](CO)[C@@H](O[C@@H]2O[C@H](CO)[C@H](O[C@@H]3O[C@H](CO)[C@H](O)[C@H](O)[C@H]3CC(C)=O)[C@H](O[C@]3(C(=O)O)C[C@H](O)[C@@H](NC(C)=O)C([C@H](O)[C@H](O)CO)O3)[C@H]2O)[C@H](O)[C@H]1O)[C@H](O)CCCCCCCCCCCCCCC. The molecular weight excluding hydrogens is 1360 g/mol. The van der Waals surface area contributed by atoms with E-state index in [1.54, 1.807) is 0 Å². The molecule has 2 amide bonds.